The molecule has 0 radical (unpaired) electrons. The van der Waals surface area contributed by atoms with Gasteiger partial charge in [-0.3, -0.25) is 4.57 Å². The Morgan fingerprint density at radius 3 is 2.71 bits per heavy atom. The van der Waals surface area contributed by atoms with Gasteiger partial charge in [-0.05, 0) is 19.1 Å². The lowest BCUT2D eigenvalue weighted by molar-refractivity contribution is 0.445. The van der Waals surface area contributed by atoms with Crippen molar-refractivity contribution in [3.05, 3.63) is 42.0 Å². The topological polar surface area (TPSA) is 29.9 Å². The molecule has 0 fully saturated rings. The first-order chi connectivity index (χ1) is 8.15. The molecule has 0 spiro atoms. The van der Waals surface area contributed by atoms with Crippen molar-refractivity contribution in [1.29, 1.82) is 0 Å². The van der Waals surface area contributed by atoms with Gasteiger partial charge in [0.1, 0.15) is 0 Å². The van der Waals surface area contributed by atoms with Gasteiger partial charge >= 0.3 is 0 Å². The summed E-state index contributed by atoms with van der Waals surface area (Å²) >= 11 is 0. The molecule has 0 saturated carbocycles. The second-order valence-corrected chi connectivity index (χ2v) is 3.35. The minimum absolute atomic E-state index is 0.0858. The van der Waals surface area contributed by atoms with E-state index in [2.05, 4.69) is 10.3 Å². The first-order valence-corrected chi connectivity index (χ1v) is 5.06. The number of nitrogens with zero attached hydrogens (tertiary/aromatic N) is 2. The molecule has 90 valence electrons. The highest BCUT2D eigenvalue weighted by molar-refractivity contribution is 5.43. The minimum Gasteiger partial charge on any atom is -0.356 e. The molecule has 0 saturated heterocycles. The Bertz CT molecular complexity index is 537. The highest BCUT2D eigenvalue weighted by atomic mass is 19.2. The van der Waals surface area contributed by atoms with Crippen LogP contribution in [-0.4, -0.2) is 16.1 Å². The summed E-state index contributed by atoms with van der Waals surface area (Å²) in [5.41, 5.74) is -0.0858. The molecule has 2 aromatic rings. The second kappa shape index (κ2) is 4.48. The molecule has 1 N–H and O–H groups in total. The summed E-state index contributed by atoms with van der Waals surface area (Å²) in [4.78, 5) is 3.94. The molecule has 0 unspecified atom stereocenters. The summed E-state index contributed by atoms with van der Waals surface area (Å²) < 4.78 is 40.8. The maximum absolute atomic E-state index is 13.6. The van der Waals surface area contributed by atoms with E-state index in [4.69, 9.17) is 0 Å². The van der Waals surface area contributed by atoms with E-state index in [0.29, 0.717) is 12.5 Å². The third-order valence-electron chi connectivity index (χ3n) is 2.25. The van der Waals surface area contributed by atoms with Crippen molar-refractivity contribution in [2.45, 2.75) is 6.92 Å². The first-order valence-electron chi connectivity index (χ1n) is 5.06. The first kappa shape index (κ1) is 11.5. The number of aromatic nitrogens is 2. The zero-order chi connectivity index (χ0) is 12.4. The van der Waals surface area contributed by atoms with Crippen LogP contribution in [0.1, 0.15) is 6.92 Å². The van der Waals surface area contributed by atoms with Gasteiger partial charge in [0.25, 0.3) is 0 Å². The number of anilines is 1. The Hall–Kier alpha value is -1.98. The van der Waals surface area contributed by atoms with E-state index in [1.165, 1.54) is 17.0 Å². The van der Waals surface area contributed by atoms with Crippen LogP contribution in [0.15, 0.2) is 24.5 Å². The maximum atomic E-state index is 13.6. The van der Waals surface area contributed by atoms with Gasteiger partial charge in [-0.1, -0.05) is 0 Å². The van der Waals surface area contributed by atoms with Crippen molar-refractivity contribution in [3.8, 4) is 5.69 Å². The average Bonchev–Trinajstić information content (AvgIpc) is 2.75. The summed E-state index contributed by atoms with van der Waals surface area (Å²) in [5, 5.41) is 2.88. The van der Waals surface area contributed by atoms with E-state index in [0.717, 1.165) is 12.1 Å². The van der Waals surface area contributed by atoms with Crippen LogP contribution in [-0.2, 0) is 0 Å². The van der Waals surface area contributed by atoms with Crippen molar-refractivity contribution in [2.24, 2.45) is 0 Å². The van der Waals surface area contributed by atoms with Gasteiger partial charge < -0.3 is 5.32 Å². The van der Waals surface area contributed by atoms with Crippen LogP contribution >= 0.6 is 0 Å². The lowest BCUT2D eigenvalue weighted by Gasteiger charge is -2.09. The Balaban J connectivity index is 2.53. The zero-order valence-corrected chi connectivity index (χ0v) is 9.04. The second-order valence-electron chi connectivity index (χ2n) is 3.35. The fourth-order valence-electron chi connectivity index (χ4n) is 1.49. The molecule has 6 heteroatoms. The van der Waals surface area contributed by atoms with Crippen molar-refractivity contribution in [2.75, 3.05) is 11.9 Å². The van der Waals surface area contributed by atoms with Crippen LogP contribution in [0.25, 0.3) is 5.69 Å². The van der Waals surface area contributed by atoms with Gasteiger partial charge in [-0.2, -0.15) is 0 Å². The normalized spacial score (nSPS) is 10.6. The van der Waals surface area contributed by atoms with E-state index >= 15 is 0 Å². The quantitative estimate of drug-likeness (QED) is 0.837. The van der Waals surface area contributed by atoms with Crippen molar-refractivity contribution in [3.63, 3.8) is 0 Å². The fourth-order valence-corrected chi connectivity index (χ4v) is 1.49. The molecule has 17 heavy (non-hydrogen) atoms. The Morgan fingerprint density at radius 2 is 2.00 bits per heavy atom. The number of benzene rings is 1. The smallest absolute Gasteiger partial charge is 0.207 e. The Kier molecular flexibility index (Phi) is 3.03. The average molecular weight is 241 g/mol. The van der Waals surface area contributed by atoms with Gasteiger partial charge in [0, 0.05) is 18.9 Å². The molecular weight excluding hydrogens is 231 g/mol. The van der Waals surface area contributed by atoms with Gasteiger partial charge in [-0.25, -0.2) is 18.2 Å². The molecule has 0 atom stereocenters. The summed E-state index contributed by atoms with van der Waals surface area (Å²) in [6.45, 7) is 2.43. The van der Waals surface area contributed by atoms with Crippen molar-refractivity contribution in [1.82, 2.24) is 9.55 Å². The highest BCUT2D eigenvalue weighted by Crippen LogP contribution is 2.21. The minimum atomic E-state index is -1.49. The van der Waals surface area contributed by atoms with Gasteiger partial charge in [0.2, 0.25) is 5.95 Å². The number of hydrogen-bond donors (Lipinski definition) is 1. The van der Waals surface area contributed by atoms with Gasteiger partial charge in [0.05, 0.1) is 5.69 Å². The molecule has 0 aliphatic rings. The SMILES string of the molecule is CCNc1nccn1-c1ccc(F)c(F)c1F. The molecule has 1 aromatic heterocycles. The lowest BCUT2D eigenvalue weighted by atomic mass is 10.3. The highest BCUT2D eigenvalue weighted by Gasteiger charge is 2.16. The predicted molar refractivity (Wildman–Crippen MR) is 57.6 cm³/mol. The summed E-state index contributed by atoms with van der Waals surface area (Å²) in [5.74, 6) is -3.56. The van der Waals surface area contributed by atoms with Crippen LogP contribution < -0.4 is 5.32 Å². The summed E-state index contributed by atoms with van der Waals surface area (Å²) in [6.07, 6.45) is 2.91. The Morgan fingerprint density at radius 1 is 1.24 bits per heavy atom. The summed E-state index contributed by atoms with van der Waals surface area (Å²) in [6, 6.07) is 2.04. The van der Waals surface area contributed by atoms with Crippen LogP contribution in [0, 0.1) is 17.5 Å². The molecular formula is C11H10F3N3. The summed E-state index contributed by atoms with van der Waals surface area (Å²) in [7, 11) is 0. The van der Waals surface area contributed by atoms with Crippen LogP contribution in [0.2, 0.25) is 0 Å². The third kappa shape index (κ3) is 1.98. The number of hydrogen-bond acceptors (Lipinski definition) is 2. The van der Waals surface area contributed by atoms with Gasteiger partial charge in [-0.15, -0.1) is 0 Å². The molecule has 0 aliphatic heterocycles. The van der Waals surface area contributed by atoms with Crippen LogP contribution in [0.4, 0.5) is 19.1 Å². The third-order valence-corrected chi connectivity index (χ3v) is 2.25. The van der Waals surface area contributed by atoms with E-state index in [1.807, 2.05) is 6.92 Å². The largest absolute Gasteiger partial charge is 0.356 e. The molecule has 0 bridgehead atoms. The maximum Gasteiger partial charge on any atom is 0.207 e. The van der Waals surface area contributed by atoms with E-state index in [9.17, 15) is 13.2 Å². The standard InChI is InChI=1S/C11H10F3N3/c1-2-15-11-16-5-6-17(11)8-4-3-7(12)9(13)10(8)14/h3-6H,2H2,1H3,(H,15,16). The number of rotatable bonds is 3. The zero-order valence-electron chi connectivity index (χ0n) is 9.04. The number of halogens is 3. The molecule has 0 amide bonds. The molecule has 0 aliphatic carbocycles. The monoisotopic (exact) mass is 241 g/mol. The molecule has 3 nitrogen and oxygen atoms in total. The van der Waals surface area contributed by atoms with Crippen LogP contribution in [0.5, 0.6) is 0 Å². The van der Waals surface area contributed by atoms with Crippen LogP contribution in [0.3, 0.4) is 0 Å². The Labute approximate surface area is 95.9 Å². The van der Waals surface area contributed by atoms with E-state index in [-0.39, 0.29) is 5.69 Å². The molecule has 1 aromatic carbocycles. The van der Waals surface area contributed by atoms with Crippen molar-refractivity contribution >= 4 is 5.95 Å². The fraction of sp³-hybridized carbons (Fsp3) is 0.182. The molecule has 1 heterocycles. The lowest BCUT2D eigenvalue weighted by Crippen LogP contribution is -2.07. The molecule has 2 rings (SSSR count). The predicted octanol–water partition coefficient (Wildman–Crippen LogP) is 2.72. The van der Waals surface area contributed by atoms with Gasteiger partial charge in [0.15, 0.2) is 17.5 Å². The van der Waals surface area contributed by atoms with E-state index in [1.54, 1.807) is 0 Å². The number of nitrogens with one attached hydrogen (secondary N) is 1. The van der Waals surface area contributed by atoms with E-state index < -0.39 is 17.5 Å². The van der Waals surface area contributed by atoms with Crippen molar-refractivity contribution < 1.29 is 13.2 Å². The number of imidazole rings is 1.